The van der Waals surface area contributed by atoms with Crippen LogP contribution < -0.4 is 14.2 Å². The summed E-state index contributed by atoms with van der Waals surface area (Å²) in [6, 6.07) is 2.79. The van der Waals surface area contributed by atoms with E-state index in [9.17, 15) is 9.59 Å². The van der Waals surface area contributed by atoms with Crippen molar-refractivity contribution >= 4 is 12.4 Å². The first kappa shape index (κ1) is 12.8. The summed E-state index contributed by atoms with van der Waals surface area (Å²) < 4.78 is 19.4. The lowest BCUT2D eigenvalue weighted by molar-refractivity contribution is -0.123. The second-order valence-corrected chi connectivity index (χ2v) is 2.92. The van der Waals surface area contributed by atoms with Gasteiger partial charge in [0.1, 0.15) is 0 Å². The Bertz CT molecular complexity index is 401. The Kier molecular flexibility index (Phi) is 4.33. The van der Waals surface area contributed by atoms with Crippen molar-refractivity contribution in [2.45, 2.75) is 0 Å². The molecule has 0 heterocycles. The molecule has 0 unspecified atom stereocenters. The molecule has 0 bridgehead atoms. The minimum absolute atomic E-state index is 0.0610. The van der Waals surface area contributed by atoms with E-state index in [0.717, 1.165) is 0 Å². The van der Waals surface area contributed by atoms with Crippen LogP contribution in [0.15, 0.2) is 12.1 Å². The number of rotatable bonds is 5. The zero-order valence-electron chi connectivity index (χ0n) is 9.68. The molecule has 0 atom stereocenters. The highest BCUT2D eigenvalue weighted by Gasteiger charge is 2.17. The number of hydrogen-bond donors (Lipinski definition) is 0. The summed E-state index contributed by atoms with van der Waals surface area (Å²) in [5, 5.41) is 0. The Balaban J connectivity index is 3.26. The molecule has 0 aliphatic rings. The maximum Gasteiger partial charge on any atom is 0.345 e. The van der Waals surface area contributed by atoms with Gasteiger partial charge in [0, 0.05) is 0 Å². The van der Waals surface area contributed by atoms with Crippen molar-refractivity contribution < 1.29 is 28.5 Å². The van der Waals surface area contributed by atoms with Crippen LogP contribution >= 0.6 is 0 Å². The molecular formula is C11H12O6. The van der Waals surface area contributed by atoms with Crippen molar-refractivity contribution in [3.63, 3.8) is 0 Å². The van der Waals surface area contributed by atoms with Gasteiger partial charge in [0.05, 0.1) is 26.9 Å². The topological polar surface area (TPSA) is 71.1 Å². The molecular weight excluding hydrogens is 228 g/mol. The minimum atomic E-state index is -0.792. The van der Waals surface area contributed by atoms with Crippen LogP contribution in [-0.2, 0) is 9.53 Å². The van der Waals surface area contributed by atoms with Gasteiger partial charge in [0.25, 0.3) is 0 Å². The van der Waals surface area contributed by atoms with E-state index < -0.39 is 5.97 Å². The van der Waals surface area contributed by atoms with Crippen molar-refractivity contribution in [2.75, 3.05) is 21.3 Å². The Morgan fingerprint density at radius 3 is 1.94 bits per heavy atom. The highest BCUT2D eigenvalue weighted by atomic mass is 16.6. The van der Waals surface area contributed by atoms with Gasteiger partial charge in [-0.15, -0.1) is 0 Å². The summed E-state index contributed by atoms with van der Waals surface area (Å²) in [6.45, 7) is 0.0610. The average Bonchev–Trinajstić information content (AvgIpc) is 2.37. The van der Waals surface area contributed by atoms with Crippen molar-refractivity contribution in [1.82, 2.24) is 0 Å². The number of carbonyl (C=O) groups is 2. The molecule has 1 aromatic rings. The van der Waals surface area contributed by atoms with Crippen molar-refractivity contribution in [2.24, 2.45) is 0 Å². The van der Waals surface area contributed by atoms with Gasteiger partial charge < -0.3 is 18.9 Å². The molecule has 0 N–H and O–H groups in total. The summed E-state index contributed by atoms with van der Waals surface area (Å²) in [7, 11) is 4.29. The van der Waals surface area contributed by atoms with E-state index in [4.69, 9.17) is 14.2 Å². The fourth-order valence-corrected chi connectivity index (χ4v) is 1.31. The number of ether oxygens (including phenoxy) is 4. The van der Waals surface area contributed by atoms with Crippen molar-refractivity contribution in [3.8, 4) is 17.2 Å². The monoisotopic (exact) mass is 240 g/mol. The Hall–Kier alpha value is -2.24. The predicted octanol–water partition coefficient (Wildman–Crippen LogP) is 1.03. The molecule has 0 saturated carbocycles. The van der Waals surface area contributed by atoms with E-state index in [-0.39, 0.29) is 12.0 Å². The molecule has 0 saturated heterocycles. The molecule has 6 nitrogen and oxygen atoms in total. The average molecular weight is 240 g/mol. The van der Waals surface area contributed by atoms with Crippen LogP contribution in [-0.4, -0.2) is 33.8 Å². The Morgan fingerprint density at radius 2 is 1.59 bits per heavy atom. The molecule has 0 aliphatic carbocycles. The van der Waals surface area contributed by atoms with Crippen LogP contribution in [0.25, 0.3) is 0 Å². The van der Waals surface area contributed by atoms with E-state index in [1.165, 1.54) is 33.5 Å². The molecule has 6 heteroatoms. The van der Waals surface area contributed by atoms with E-state index in [1.807, 2.05) is 0 Å². The van der Waals surface area contributed by atoms with Crippen LogP contribution in [0.2, 0.25) is 0 Å². The molecule has 0 fully saturated rings. The van der Waals surface area contributed by atoms with Gasteiger partial charge in [0.2, 0.25) is 5.75 Å². The van der Waals surface area contributed by atoms with Crippen LogP contribution in [0, 0.1) is 0 Å². The number of hydrogen-bond acceptors (Lipinski definition) is 6. The first-order chi connectivity index (χ1) is 8.17. The van der Waals surface area contributed by atoms with Crippen LogP contribution in [0.4, 0.5) is 0 Å². The molecule has 0 spiro atoms. The lowest BCUT2D eigenvalue weighted by Gasteiger charge is -2.12. The van der Waals surface area contributed by atoms with Gasteiger partial charge in [-0.05, 0) is 12.1 Å². The molecule has 0 aliphatic heterocycles. The van der Waals surface area contributed by atoms with Crippen LogP contribution in [0.3, 0.4) is 0 Å². The maximum absolute atomic E-state index is 11.4. The normalized spacial score (nSPS) is 9.35. The first-order valence-electron chi connectivity index (χ1n) is 4.62. The molecule has 0 radical (unpaired) electrons. The first-order valence-corrected chi connectivity index (χ1v) is 4.62. The third-order valence-corrected chi connectivity index (χ3v) is 2.06. The van der Waals surface area contributed by atoms with Crippen molar-refractivity contribution in [3.05, 3.63) is 17.7 Å². The number of methoxy groups -OCH3 is 3. The minimum Gasteiger partial charge on any atom is -0.493 e. The zero-order valence-corrected chi connectivity index (χ0v) is 9.68. The third-order valence-electron chi connectivity index (χ3n) is 2.06. The summed E-state index contributed by atoms with van der Waals surface area (Å²) in [5.41, 5.74) is 0.131. The fraction of sp³-hybridized carbons (Fsp3) is 0.273. The standard InChI is InChI=1S/C11H12O6/c1-14-8-4-7(11(13)17-6-12)5-9(15-2)10(8)16-3/h4-6H,1-3H3. The second-order valence-electron chi connectivity index (χ2n) is 2.92. The Labute approximate surface area is 98.0 Å². The van der Waals surface area contributed by atoms with Gasteiger partial charge in [-0.25, -0.2) is 4.79 Å². The molecule has 1 aromatic carbocycles. The molecule has 0 aromatic heterocycles. The highest BCUT2D eigenvalue weighted by Crippen LogP contribution is 2.38. The molecule has 1 rings (SSSR count). The van der Waals surface area contributed by atoms with Gasteiger partial charge in [-0.3, -0.25) is 4.79 Å². The van der Waals surface area contributed by atoms with Gasteiger partial charge >= 0.3 is 12.4 Å². The van der Waals surface area contributed by atoms with Gasteiger partial charge in [0.15, 0.2) is 11.5 Å². The quantitative estimate of drug-likeness (QED) is 0.435. The largest absolute Gasteiger partial charge is 0.493 e. The lowest BCUT2D eigenvalue weighted by atomic mass is 10.2. The predicted molar refractivity (Wildman–Crippen MR) is 57.6 cm³/mol. The molecule has 0 amide bonds. The summed E-state index contributed by atoms with van der Waals surface area (Å²) >= 11 is 0. The molecule has 92 valence electrons. The van der Waals surface area contributed by atoms with Crippen molar-refractivity contribution in [1.29, 1.82) is 0 Å². The number of benzene rings is 1. The Morgan fingerprint density at radius 1 is 1.06 bits per heavy atom. The summed E-state index contributed by atoms with van der Waals surface area (Å²) in [6.07, 6.45) is 0. The van der Waals surface area contributed by atoms with E-state index >= 15 is 0 Å². The van der Waals surface area contributed by atoms with Crippen LogP contribution in [0.5, 0.6) is 17.2 Å². The fourth-order valence-electron chi connectivity index (χ4n) is 1.31. The lowest BCUT2D eigenvalue weighted by Crippen LogP contribution is -2.05. The summed E-state index contributed by atoms with van der Waals surface area (Å²) in [4.78, 5) is 21.5. The number of esters is 1. The number of carbonyl (C=O) groups excluding carboxylic acids is 2. The van der Waals surface area contributed by atoms with Gasteiger partial charge in [-0.1, -0.05) is 0 Å². The van der Waals surface area contributed by atoms with E-state index in [2.05, 4.69) is 4.74 Å². The SMILES string of the molecule is COc1cc(C(=O)OC=O)cc(OC)c1OC. The van der Waals surface area contributed by atoms with Crippen LogP contribution in [0.1, 0.15) is 10.4 Å². The van der Waals surface area contributed by atoms with E-state index in [1.54, 1.807) is 0 Å². The summed E-state index contributed by atoms with van der Waals surface area (Å²) in [5.74, 6) is 0.186. The third kappa shape index (κ3) is 2.66. The maximum atomic E-state index is 11.4. The molecule has 17 heavy (non-hydrogen) atoms. The zero-order chi connectivity index (χ0) is 12.8. The van der Waals surface area contributed by atoms with E-state index in [0.29, 0.717) is 17.2 Å². The second kappa shape index (κ2) is 5.74. The van der Waals surface area contributed by atoms with Gasteiger partial charge in [-0.2, -0.15) is 0 Å². The highest BCUT2D eigenvalue weighted by molar-refractivity contribution is 5.94. The smallest absolute Gasteiger partial charge is 0.345 e.